The molecule has 2 aromatic rings. The number of aliphatic hydroxyl groups excluding tert-OH is 1. The zero-order valence-electron chi connectivity index (χ0n) is 12.8. The quantitative estimate of drug-likeness (QED) is 0.545. The first-order valence-electron chi connectivity index (χ1n) is 7.11. The Morgan fingerprint density at radius 3 is 1.96 bits per heavy atom. The number of aliphatic hydroxyl groups is 1. The van der Waals surface area contributed by atoms with Crippen LogP contribution < -0.4 is 5.73 Å². The van der Waals surface area contributed by atoms with Crippen LogP contribution in [0, 0.1) is 5.92 Å². The van der Waals surface area contributed by atoms with Crippen molar-refractivity contribution >= 4 is 17.0 Å². The third-order valence-corrected chi connectivity index (χ3v) is 3.78. The van der Waals surface area contributed by atoms with Gasteiger partial charge in [0.2, 0.25) is 0 Å². The third kappa shape index (κ3) is 5.13. The molecule has 5 nitrogen and oxygen atoms in total. The van der Waals surface area contributed by atoms with Gasteiger partial charge in [-0.1, -0.05) is 19.1 Å². The van der Waals surface area contributed by atoms with E-state index < -0.39 is 12.1 Å². The third-order valence-electron chi connectivity index (χ3n) is 3.78. The second-order valence-electron chi connectivity index (χ2n) is 5.65. The number of hydrogen-bond acceptors (Lipinski definition) is 5. The van der Waals surface area contributed by atoms with Gasteiger partial charge in [-0.15, -0.1) is 17.0 Å². The molecule has 0 saturated carbocycles. The van der Waals surface area contributed by atoms with Crippen LogP contribution in [0.25, 0.3) is 0 Å². The fourth-order valence-electron chi connectivity index (χ4n) is 2.46. The van der Waals surface area contributed by atoms with Crippen LogP contribution in [0.1, 0.15) is 24.2 Å². The minimum Gasteiger partial charge on any atom is -0.508 e. The van der Waals surface area contributed by atoms with Crippen molar-refractivity contribution in [2.75, 3.05) is 0 Å². The normalized spacial score (nSPS) is 14.6. The highest BCUT2D eigenvalue weighted by atomic mass is 79.9. The molecule has 0 heterocycles. The molecular weight excluding hydrogens is 362 g/mol. The molecular formula is C17H22BrNO4. The second-order valence-corrected chi connectivity index (χ2v) is 5.65. The van der Waals surface area contributed by atoms with Crippen molar-refractivity contribution in [2.24, 2.45) is 11.7 Å². The minimum atomic E-state index is -0.995. The Hall–Kier alpha value is -1.76. The van der Waals surface area contributed by atoms with Crippen molar-refractivity contribution in [3.63, 3.8) is 0 Å². The molecule has 0 aliphatic carbocycles. The zero-order valence-corrected chi connectivity index (χ0v) is 14.5. The van der Waals surface area contributed by atoms with Crippen molar-refractivity contribution in [3.8, 4) is 17.2 Å². The summed E-state index contributed by atoms with van der Waals surface area (Å²) in [4.78, 5) is 0. The Labute approximate surface area is 145 Å². The van der Waals surface area contributed by atoms with Crippen molar-refractivity contribution in [3.05, 3.63) is 53.6 Å². The Morgan fingerprint density at radius 2 is 1.43 bits per heavy atom. The molecule has 23 heavy (non-hydrogen) atoms. The highest BCUT2D eigenvalue weighted by molar-refractivity contribution is 8.93. The predicted molar refractivity (Wildman–Crippen MR) is 94.0 cm³/mol. The maximum atomic E-state index is 10.3. The molecule has 2 aromatic carbocycles. The van der Waals surface area contributed by atoms with E-state index in [2.05, 4.69) is 0 Å². The van der Waals surface area contributed by atoms with E-state index >= 15 is 0 Å². The highest BCUT2D eigenvalue weighted by Crippen LogP contribution is 2.29. The molecule has 6 heteroatoms. The van der Waals surface area contributed by atoms with Crippen LogP contribution in [-0.4, -0.2) is 26.5 Å². The number of nitrogens with two attached hydrogens (primary N) is 1. The molecule has 3 unspecified atom stereocenters. The molecule has 6 N–H and O–H groups in total. The Morgan fingerprint density at radius 1 is 0.913 bits per heavy atom. The Bertz CT molecular complexity index is 613. The van der Waals surface area contributed by atoms with Crippen LogP contribution in [0.4, 0.5) is 0 Å². The highest BCUT2D eigenvalue weighted by Gasteiger charge is 2.24. The zero-order chi connectivity index (χ0) is 16.3. The molecule has 2 rings (SSSR count). The average Bonchev–Trinajstić information content (AvgIpc) is 2.47. The lowest BCUT2D eigenvalue weighted by Gasteiger charge is -2.25. The smallest absolute Gasteiger partial charge is 0.119 e. The van der Waals surface area contributed by atoms with Crippen LogP contribution in [0.3, 0.4) is 0 Å². The summed E-state index contributed by atoms with van der Waals surface area (Å²) >= 11 is 0. The topological polar surface area (TPSA) is 107 Å². The maximum Gasteiger partial charge on any atom is 0.119 e. The van der Waals surface area contributed by atoms with Crippen LogP contribution in [-0.2, 0) is 6.42 Å². The van der Waals surface area contributed by atoms with E-state index in [9.17, 15) is 20.4 Å². The monoisotopic (exact) mass is 383 g/mol. The molecule has 0 aromatic heterocycles. The van der Waals surface area contributed by atoms with Gasteiger partial charge in [-0.3, -0.25) is 0 Å². The van der Waals surface area contributed by atoms with E-state index in [0.717, 1.165) is 5.56 Å². The molecule has 0 saturated heterocycles. The summed E-state index contributed by atoms with van der Waals surface area (Å²) in [6.07, 6.45) is -0.353. The molecule has 126 valence electrons. The van der Waals surface area contributed by atoms with E-state index in [1.165, 1.54) is 18.2 Å². The van der Waals surface area contributed by atoms with Gasteiger partial charge in [-0.2, -0.15) is 0 Å². The molecule has 0 aliphatic rings. The number of hydrogen-bond donors (Lipinski definition) is 5. The summed E-state index contributed by atoms with van der Waals surface area (Å²) in [5, 5.41) is 38.6. The van der Waals surface area contributed by atoms with Crippen LogP contribution in [0.5, 0.6) is 17.2 Å². The van der Waals surface area contributed by atoms with Crippen molar-refractivity contribution < 1.29 is 20.4 Å². The van der Waals surface area contributed by atoms with Crippen LogP contribution in [0.2, 0.25) is 0 Å². The van der Waals surface area contributed by atoms with E-state index in [1.54, 1.807) is 12.1 Å². The van der Waals surface area contributed by atoms with Gasteiger partial charge in [0.05, 0.1) is 6.10 Å². The summed E-state index contributed by atoms with van der Waals surface area (Å²) in [5.74, 6) is -0.0696. The van der Waals surface area contributed by atoms with E-state index in [4.69, 9.17) is 5.73 Å². The Balaban J connectivity index is 0.00000264. The molecule has 0 aliphatic heterocycles. The van der Waals surface area contributed by atoms with Gasteiger partial charge in [0.25, 0.3) is 0 Å². The lowest BCUT2D eigenvalue weighted by molar-refractivity contribution is 0.121. The van der Waals surface area contributed by atoms with Gasteiger partial charge in [0.1, 0.15) is 17.2 Å². The first-order chi connectivity index (χ1) is 10.4. The van der Waals surface area contributed by atoms with Gasteiger partial charge in [-0.05, 0) is 47.7 Å². The van der Waals surface area contributed by atoms with Gasteiger partial charge in [0, 0.05) is 12.1 Å². The fraction of sp³-hybridized carbons (Fsp3) is 0.294. The van der Waals surface area contributed by atoms with Gasteiger partial charge in [0.15, 0.2) is 0 Å². The number of phenolic OH excluding ortho intramolecular Hbond substituents is 3. The Kier molecular flexibility index (Phi) is 6.87. The second kappa shape index (κ2) is 8.19. The SMILES string of the molecule is Br.CC(Cc1ccc(O)cc1)C(N)C(O)c1cc(O)cc(O)c1. The molecule has 0 radical (unpaired) electrons. The summed E-state index contributed by atoms with van der Waals surface area (Å²) in [6.45, 7) is 1.92. The van der Waals surface area contributed by atoms with Gasteiger partial charge < -0.3 is 26.2 Å². The molecule has 3 atom stereocenters. The summed E-state index contributed by atoms with van der Waals surface area (Å²) in [6, 6.07) is 10.2. The van der Waals surface area contributed by atoms with E-state index in [0.29, 0.717) is 12.0 Å². The van der Waals surface area contributed by atoms with Gasteiger partial charge in [-0.25, -0.2) is 0 Å². The average molecular weight is 384 g/mol. The first kappa shape index (κ1) is 19.3. The summed E-state index contributed by atoms with van der Waals surface area (Å²) in [7, 11) is 0. The number of rotatable bonds is 5. The van der Waals surface area contributed by atoms with Crippen molar-refractivity contribution in [2.45, 2.75) is 25.5 Å². The van der Waals surface area contributed by atoms with E-state index in [-0.39, 0.29) is 40.1 Å². The first-order valence-corrected chi connectivity index (χ1v) is 7.11. The molecule has 0 bridgehead atoms. The summed E-state index contributed by atoms with van der Waals surface area (Å²) in [5.41, 5.74) is 7.49. The number of benzene rings is 2. The van der Waals surface area contributed by atoms with Crippen LogP contribution >= 0.6 is 17.0 Å². The minimum absolute atomic E-state index is 0. The van der Waals surface area contributed by atoms with Crippen molar-refractivity contribution in [1.82, 2.24) is 0 Å². The summed E-state index contributed by atoms with van der Waals surface area (Å²) < 4.78 is 0. The standard InChI is InChI=1S/C17H21NO4.BrH/c1-10(6-11-2-4-13(19)5-3-11)16(18)17(22)12-7-14(20)9-15(21)8-12;/h2-5,7-10,16-17,19-22H,6,18H2,1H3;1H. The number of phenols is 3. The molecule has 0 amide bonds. The lowest BCUT2D eigenvalue weighted by Crippen LogP contribution is -2.36. The predicted octanol–water partition coefficient (Wildman–Crippen LogP) is 2.62. The number of halogens is 1. The van der Waals surface area contributed by atoms with Crippen LogP contribution in [0.15, 0.2) is 42.5 Å². The van der Waals surface area contributed by atoms with Gasteiger partial charge >= 0.3 is 0 Å². The maximum absolute atomic E-state index is 10.3. The lowest BCUT2D eigenvalue weighted by atomic mass is 9.88. The molecule has 0 fully saturated rings. The van der Waals surface area contributed by atoms with Crippen molar-refractivity contribution in [1.29, 1.82) is 0 Å². The fourth-order valence-corrected chi connectivity index (χ4v) is 2.46. The number of aromatic hydroxyl groups is 3. The van der Waals surface area contributed by atoms with E-state index in [1.807, 2.05) is 19.1 Å². The largest absolute Gasteiger partial charge is 0.508 e. The molecule has 0 spiro atoms.